The molecule has 132 valence electrons. The molecular weight excluding hydrogens is 341 g/mol. The minimum atomic E-state index is -0.697. The summed E-state index contributed by atoms with van der Waals surface area (Å²) in [5, 5.41) is 20.0. The van der Waals surface area contributed by atoms with E-state index < -0.39 is 24.0 Å². The van der Waals surface area contributed by atoms with E-state index in [4.69, 9.17) is 4.74 Å². The van der Waals surface area contributed by atoms with Gasteiger partial charge in [-0.05, 0) is 24.3 Å². The number of carbonyl (C=O) groups is 1. The quantitative estimate of drug-likeness (QED) is 0.599. The molecule has 0 aliphatic carbocycles. The summed E-state index contributed by atoms with van der Waals surface area (Å²) in [6.07, 6.45) is 2.43. The van der Waals surface area contributed by atoms with Gasteiger partial charge in [-0.25, -0.2) is 13.9 Å². The van der Waals surface area contributed by atoms with Crippen molar-refractivity contribution in [2.45, 2.75) is 18.2 Å². The molecule has 3 aromatic rings. The van der Waals surface area contributed by atoms with Gasteiger partial charge < -0.3 is 20.5 Å². The van der Waals surface area contributed by atoms with Crippen molar-refractivity contribution in [3.8, 4) is 5.75 Å². The van der Waals surface area contributed by atoms with Gasteiger partial charge in [-0.1, -0.05) is 0 Å². The first-order chi connectivity index (χ1) is 12.6. The van der Waals surface area contributed by atoms with Gasteiger partial charge in [-0.2, -0.15) is 5.10 Å². The number of benzene rings is 1. The van der Waals surface area contributed by atoms with Crippen molar-refractivity contribution >= 4 is 17.4 Å². The molecule has 5 rings (SSSR count). The Morgan fingerprint density at radius 3 is 3.04 bits per heavy atom. The molecule has 0 saturated heterocycles. The van der Waals surface area contributed by atoms with E-state index in [9.17, 15) is 14.3 Å². The van der Waals surface area contributed by atoms with E-state index in [1.165, 1.54) is 28.9 Å². The van der Waals surface area contributed by atoms with Crippen LogP contribution >= 0.6 is 0 Å². The first-order valence-electron chi connectivity index (χ1n) is 8.13. The van der Waals surface area contributed by atoms with Gasteiger partial charge in [0.15, 0.2) is 5.65 Å². The Bertz CT molecular complexity index is 1040. The molecule has 0 spiro atoms. The molecule has 0 saturated carbocycles. The van der Waals surface area contributed by atoms with Crippen molar-refractivity contribution in [3.63, 3.8) is 0 Å². The van der Waals surface area contributed by atoms with Crippen LogP contribution in [0.1, 0.15) is 22.0 Å². The molecule has 9 heteroatoms. The summed E-state index contributed by atoms with van der Waals surface area (Å²) in [6, 6.07) is 4.74. The number of carbonyl (C=O) groups excluding carboxylic acids is 1. The van der Waals surface area contributed by atoms with Crippen LogP contribution in [0.5, 0.6) is 5.75 Å². The Morgan fingerprint density at radius 1 is 1.31 bits per heavy atom. The van der Waals surface area contributed by atoms with Gasteiger partial charge in [0.05, 0.1) is 24.9 Å². The zero-order valence-corrected chi connectivity index (χ0v) is 13.4. The van der Waals surface area contributed by atoms with Crippen molar-refractivity contribution in [1.82, 2.24) is 19.9 Å². The first-order valence-corrected chi connectivity index (χ1v) is 8.13. The molecule has 2 aliphatic heterocycles. The Kier molecular flexibility index (Phi) is 3.13. The molecule has 2 aliphatic rings. The number of amides is 1. The summed E-state index contributed by atoms with van der Waals surface area (Å²) in [4.78, 5) is 17.2. The predicted molar refractivity (Wildman–Crippen MR) is 88.5 cm³/mol. The highest BCUT2D eigenvalue weighted by Gasteiger charge is 2.40. The van der Waals surface area contributed by atoms with Crippen LogP contribution in [-0.2, 0) is 0 Å². The number of anilines is 1. The molecule has 4 heterocycles. The second-order valence-electron chi connectivity index (χ2n) is 6.28. The molecular formula is C17H14FN5O3. The van der Waals surface area contributed by atoms with Gasteiger partial charge in [0.1, 0.15) is 29.1 Å². The maximum atomic E-state index is 13.8. The molecule has 1 amide bonds. The van der Waals surface area contributed by atoms with E-state index in [1.54, 1.807) is 12.3 Å². The highest BCUT2D eigenvalue weighted by atomic mass is 19.1. The monoisotopic (exact) mass is 355 g/mol. The number of aliphatic hydroxyl groups is 1. The third kappa shape index (κ3) is 2.14. The maximum Gasteiger partial charge on any atom is 0.257 e. The number of nitrogens with zero attached hydrogens (tertiary/aromatic N) is 3. The molecule has 26 heavy (non-hydrogen) atoms. The number of hydrogen-bond acceptors (Lipinski definition) is 6. The van der Waals surface area contributed by atoms with Crippen molar-refractivity contribution in [2.75, 3.05) is 11.9 Å². The van der Waals surface area contributed by atoms with E-state index in [0.717, 1.165) is 0 Å². The van der Waals surface area contributed by atoms with Gasteiger partial charge in [0.2, 0.25) is 0 Å². The van der Waals surface area contributed by atoms with E-state index in [-0.39, 0.29) is 12.5 Å². The fourth-order valence-corrected chi connectivity index (χ4v) is 3.51. The average Bonchev–Trinajstić information content (AvgIpc) is 3.07. The van der Waals surface area contributed by atoms with Gasteiger partial charge in [-0.15, -0.1) is 0 Å². The SMILES string of the molecule is O=C1NC2C(CO)Oc3ccc(F)cc3C2Nc2ccn3ncc1c3n2. The molecule has 3 N–H and O–H groups in total. The molecule has 3 unspecified atom stereocenters. The van der Waals surface area contributed by atoms with E-state index in [1.807, 2.05) is 0 Å². The summed E-state index contributed by atoms with van der Waals surface area (Å²) >= 11 is 0. The number of hydrogen-bond donors (Lipinski definition) is 3. The number of fused-ring (bicyclic) bond motifs is 4. The molecule has 0 fully saturated rings. The summed E-state index contributed by atoms with van der Waals surface area (Å²) in [7, 11) is 0. The maximum absolute atomic E-state index is 13.8. The molecule has 8 nitrogen and oxygen atoms in total. The molecule has 2 aromatic heterocycles. The van der Waals surface area contributed by atoms with Crippen LogP contribution < -0.4 is 15.4 Å². The topological polar surface area (TPSA) is 101 Å². The fraction of sp³-hybridized carbons (Fsp3) is 0.235. The summed E-state index contributed by atoms with van der Waals surface area (Å²) in [6.45, 7) is -0.311. The summed E-state index contributed by atoms with van der Waals surface area (Å²) < 4.78 is 21.1. The highest BCUT2D eigenvalue weighted by Crippen LogP contribution is 2.38. The van der Waals surface area contributed by atoms with Crippen molar-refractivity contribution in [2.24, 2.45) is 0 Å². The summed E-state index contributed by atoms with van der Waals surface area (Å²) in [5.41, 5.74) is 1.28. The fourth-order valence-electron chi connectivity index (χ4n) is 3.51. The predicted octanol–water partition coefficient (Wildman–Crippen LogP) is 0.887. The number of rotatable bonds is 1. The van der Waals surface area contributed by atoms with Gasteiger partial charge >= 0.3 is 0 Å². The number of halogens is 1. The van der Waals surface area contributed by atoms with E-state index in [0.29, 0.717) is 28.3 Å². The van der Waals surface area contributed by atoms with Gasteiger partial charge in [0, 0.05) is 11.8 Å². The standard InChI is InChI=1S/C17H14FN5O3/c18-8-1-2-11-9(5-8)14-15(12(7-24)26-11)22-17(25)10-6-19-23-4-3-13(20-14)21-16(10)23/h1-6,12,14-15,24H,7H2,(H,20,21)(H,22,25). The second-order valence-corrected chi connectivity index (χ2v) is 6.28. The highest BCUT2D eigenvalue weighted by molar-refractivity contribution is 6.00. The zero-order valence-electron chi connectivity index (χ0n) is 13.4. The Hall–Kier alpha value is -3.20. The number of ether oxygens (including phenoxy) is 1. The molecule has 2 bridgehead atoms. The van der Waals surface area contributed by atoms with E-state index >= 15 is 0 Å². The van der Waals surface area contributed by atoms with Crippen molar-refractivity contribution in [3.05, 3.63) is 53.6 Å². The van der Waals surface area contributed by atoms with Gasteiger partial charge in [0.25, 0.3) is 5.91 Å². The Morgan fingerprint density at radius 2 is 2.19 bits per heavy atom. The average molecular weight is 355 g/mol. The second kappa shape index (κ2) is 5.40. The Labute approximate surface area is 146 Å². The smallest absolute Gasteiger partial charge is 0.257 e. The van der Waals surface area contributed by atoms with Crippen molar-refractivity contribution < 1.29 is 19.0 Å². The Balaban J connectivity index is 1.70. The van der Waals surface area contributed by atoms with Crippen LogP contribution in [0, 0.1) is 5.82 Å². The summed E-state index contributed by atoms with van der Waals surface area (Å²) in [5.74, 6) is 0.170. The third-order valence-corrected chi connectivity index (χ3v) is 4.74. The lowest BCUT2D eigenvalue weighted by molar-refractivity contribution is 0.0553. The normalized spacial score (nSPS) is 23.8. The third-order valence-electron chi connectivity index (χ3n) is 4.74. The zero-order chi connectivity index (χ0) is 17.8. The minimum absolute atomic E-state index is 0.311. The van der Waals surface area contributed by atoms with Crippen molar-refractivity contribution in [1.29, 1.82) is 0 Å². The lowest BCUT2D eigenvalue weighted by Crippen LogP contribution is -2.55. The lowest BCUT2D eigenvalue weighted by atomic mass is 9.91. The first kappa shape index (κ1) is 15.1. The van der Waals surface area contributed by atoms with Crippen LogP contribution in [0.4, 0.5) is 10.2 Å². The van der Waals surface area contributed by atoms with Crippen LogP contribution in [0.15, 0.2) is 36.7 Å². The molecule has 0 radical (unpaired) electrons. The lowest BCUT2D eigenvalue weighted by Gasteiger charge is -2.39. The molecule has 3 atom stereocenters. The van der Waals surface area contributed by atoms with Crippen LogP contribution in [0.3, 0.4) is 0 Å². The number of nitrogens with one attached hydrogen (secondary N) is 2. The van der Waals surface area contributed by atoms with Crippen LogP contribution in [0.25, 0.3) is 5.65 Å². The van der Waals surface area contributed by atoms with Crippen LogP contribution in [0.2, 0.25) is 0 Å². The van der Waals surface area contributed by atoms with E-state index in [2.05, 4.69) is 20.7 Å². The van der Waals surface area contributed by atoms with Crippen LogP contribution in [-0.4, -0.2) is 44.4 Å². The largest absolute Gasteiger partial charge is 0.485 e. The number of aliphatic hydroxyl groups excluding tert-OH is 1. The molecule has 1 aromatic carbocycles. The van der Waals surface area contributed by atoms with Gasteiger partial charge in [-0.3, -0.25) is 4.79 Å². The minimum Gasteiger partial charge on any atom is -0.485 e. The number of aromatic nitrogens is 3.